The van der Waals surface area contributed by atoms with Gasteiger partial charge in [-0.25, -0.2) is 9.18 Å². The number of hydrogen-bond acceptors (Lipinski definition) is 3. The molecule has 0 aliphatic rings. The third-order valence-corrected chi connectivity index (χ3v) is 4.44. The number of halogens is 1. The summed E-state index contributed by atoms with van der Waals surface area (Å²) in [5, 5.41) is 15.3. The maximum absolute atomic E-state index is 13.1. The number of aromatic amines is 1. The second-order valence-corrected chi connectivity index (χ2v) is 6.72. The van der Waals surface area contributed by atoms with Crippen LogP contribution in [0.15, 0.2) is 60.4 Å². The van der Waals surface area contributed by atoms with Gasteiger partial charge >= 0.3 is 5.97 Å². The van der Waals surface area contributed by atoms with Gasteiger partial charge in [-0.2, -0.15) is 0 Å². The van der Waals surface area contributed by atoms with Crippen molar-refractivity contribution in [3.05, 3.63) is 77.4 Å². The minimum absolute atomic E-state index is 0.0506. The van der Waals surface area contributed by atoms with E-state index < -0.39 is 29.6 Å². The maximum Gasteiger partial charge on any atom is 0.326 e. The van der Waals surface area contributed by atoms with Gasteiger partial charge in [0.1, 0.15) is 17.6 Å². The van der Waals surface area contributed by atoms with E-state index in [1.54, 1.807) is 6.20 Å². The number of carboxylic acids is 1. The van der Waals surface area contributed by atoms with Crippen molar-refractivity contribution >= 4 is 34.8 Å². The Bertz CT molecular complexity index is 1120. The minimum atomic E-state index is -1.22. The van der Waals surface area contributed by atoms with Gasteiger partial charge in [-0.1, -0.05) is 30.3 Å². The molecule has 2 amide bonds. The molecule has 3 rings (SSSR count). The first-order valence-electron chi connectivity index (χ1n) is 9.17. The fourth-order valence-corrected chi connectivity index (χ4v) is 3.03. The summed E-state index contributed by atoms with van der Waals surface area (Å²) in [6.07, 6.45) is 3.10. The number of carbonyl (C=O) groups excluding carboxylic acids is 2. The number of aromatic nitrogens is 1. The SMILES string of the molecule is CC(=O)N/C(=C/c1ccc(F)cc1)C(=O)N[C@H](Cc1c[nH]c2ccccc12)C(=O)O. The predicted octanol–water partition coefficient (Wildman–Crippen LogP) is 2.60. The molecule has 0 aliphatic carbocycles. The van der Waals surface area contributed by atoms with Crippen molar-refractivity contribution in [2.75, 3.05) is 0 Å². The van der Waals surface area contributed by atoms with Gasteiger partial charge in [0.2, 0.25) is 5.91 Å². The van der Waals surface area contributed by atoms with Crippen LogP contribution in [0.1, 0.15) is 18.1 Å². The van der Waals surface area contributed by atoms with E-state index in [0.717, 1.165) is 16.5 Å². The van der Waals surface area contributed by atoms with Gasteiger partial charge in [-0.05, 0) is 35.4 Å². The van der Waals surface area contributed by atoms with E-state index in [-0.39, 0.29) is 12.1 Å². The van der Waals surface area contributed by atoms with Crippen molar-refractivity contribution in [2.45, 2.75) is 19.4 Å². The average molecular weight is 409 g/mol. The highest BCUT2D eigenvalue weighted by molar-refractivity contribution is 6.02. The summed E-state index contributed by atoms with van der Waals surface area (Å²) in [4.78, 5) is 39.1. The van der Waals surface area contributed by atoms with Crippen LogP contribution in [0, 0.1) is 5.82 Å². The topological polar surface area (TPSA) is 111 Å². The van der Waals surface area contributed by atoms with E-state index in [9.17, 15) is 23.9 Å². The number of rotatable bonds is 7. The van der Waals surface area contributed by atoms with Crippen LogP contribution in [0.3, 0.4) is 0 Å². The molecule has 1 aromatic heterocycles. The Morgan fingerprint density at radius 2 is 1.83 bits per heavy atom. The summed E-state index contributed by atoms with van der Waals surface area (Å²) >= 11 is 0. The molecule has 0 saturated heterocycles. The van der Waals surface area contributed by atoms with Gasteiger partial charge in [-0.3, -0.25) is 9.59 Å². The molecule has 1 heterocycles. The van der Waals surface area contributed by atoms with Gasteiger partial charge in [0.05, 0.1) is 0 Å². The summed E-state index contributed by atoms with van der Waals surface area (Å²) in [5.41, 5.74) is 1.93. The highest BCUT2D eigenvalue weighted by Gasteiger charge is 2.24. The molecular formula is C22H20FN3O4. The number of aliphatic carboxylic acids is 1. The lowest BCUT2D eigenvalue weighted by molar-refractivity contribution is -0.141. The van der Waals surface area contributed by atoms with E-state index in [4.69, 9.17) is 0 Å². The lowest BCUT2D eigenvalue weighted by atomic mass is 10.0. The van der Waals surface area contributed by atoms with Crippen molar-refractivity contribution in [1.82, 2.24) is 15.6 Å². The lowest BCUT2D eigenvalue weighted by Gasteiger charge is -2.16. The van der Waals surface area contributed by atoms with Crippen molar-refractivity contribution in [2.24, 2.45) is 0 Å². The third-order valence-electron chi connectivity index (χ3n) is 4.44. The minimum Gasteiger partial charge on any atom is -0.480 e. The number of hydrogen-bond donors (Lipinski definition) is 4. The van der Waals surface area contributed by atoms with E-state index in [2.05, 4.69) is 15.6 Å². The summed E-state index contributed by atoms with van der Waals surface area (Å²) in [5.74, 6) is -2.91. The lowest BCUT2D eigenvalue weighted by Crippen LogP contribution is -2.45. The normalized spacial score (nSPS) is 12.4. The number of para-hydroxylation sites is 1. The molecule has 7 nitrogen and oxygen atoms in total. The summed E-state index contributed by atoms with van der Waals surface area (Å²) in [7, 11) is 0. The Balaban J connectivity index is 1.83. The fraction of sp³-hybridized carbons (Fsp3) is 0.136. The van der Waals surface area contributed by atoms with Crippen LogP contribution in [-0.4, -0.2) is 33.9 Å². The Labute approximate surface area is 171 Å². The molecule has 1 atom stereocenters. The van der Waals surface area contributed by atoms with Crippen LogP contribution >= 0.6 is 0 Å². The second-order valence-electron chi connectivity index (χ2n) is 6.72. The number of fused-ring (bicyclic) bond motifs is 1. The molecule has 0 aliphatic heterocycles. The first-order valence-corrected chi connectivity index (χ1v) is 9.17. The van der Waals surface area contributed by atoms with Gasteiger partial charge in [0.15, 0.2) is 0 Å². The van der Waals surface area contributed by atoms with E-state index in [1.807, 2.05) is 24.3 Å². The highest BCUT2D eigenvalue weighted by Crippen LogP contribution is 2.19. The molecule has 30 heavy (non-hydrogen) atoms. The zero-order chi connectivity index (χ0) is 21.7. The molecule has 3 aromatic rings. The average Bonchev–Trinajstić information content (AvgIpc) is 3.11. The molecular weight excluding hydrogens is 389 g/mol. The first-order chi connectivity index (χ1) is 14.3. The first kappa shape index (κ1) is 20.8. The number of H-pyrrole nitrogens is 1. The van der Waals surface area contributed by atoms with Crippen molar-refractivity contribution in [3.8, 4) is 0 Å². The number of carboxylic acid groups (broad SMARTS) is 1. The van der Waals surface area contributed by atoms with Gasteiger partial charge in [0, 0.05) is 30.4 Å². The van der Waals surface area contributed by atoms with Crippen LogP contribution in [0.25, 0.3) is 17.0 Å². The maximum atomic E-state index is 13.1. The van der Waals surface area contributed by atoms with Gasteiger partial charge in [-0.15, -0.1) is 0 Å². The summed E-state index contributed by atoms with van der Waals surface area (Å²) in [6, 6.07) is 11.5. The number of nitrogens with one attached hydrogen (secondary N) is 3. The van der Waals surface area contributed by atoms with Crippen LogP contribution in [0.4, 0.5) is 4.39 Å². The Hall–Kier alpha value is -3.94. The molecule has 0 spiro atoms. The van der Waals surface area contributed by atoms with Gasteiger partial charge in [0.25, 0.3) is 5.91 Å². The molecule has 0 fully saturated rings. The largest absolute Gasteiger partial charge is 0.480 e. The van der Waals surface area contributed by atoms with Crippen LogP contribution in [0.5, 0.6) is 0 Å². The zero-order valence-corrected chi connectivity index (χ0v) is 16.1. The molecule has 0 radical (unpaired) electrons. The van der Waals surface area contributed by atoms with Crippen LogP contribution < -0.4 is 10.6 Å². The number of benzene rings is 2. The smallest absolute Gasteiger partial charge is 0.326 e. The monoisotopic (exact) mass is 409 g/mol. The molecule has 8 heteroatoms. The van der Waals surface area contributed by atoms with Crippen molar-refractivity contribution < 1.29 is 23.9 Å². The Morgan fingerprint density at radius 3 is 2.50 bits per heavy atom. The summed E-state index contributed by atoms with van der Waals surface area (Å²) < 4.78 is 13.1. The molecule has 2 aromatic carbocycles. The Morgan fingerprint density at radius 1 is 1.13 bits per heavy atom. The number of amides is 2. The standard InChI is InChI=1S/C22H20FN3O4/c1-13(27)25-19(10-14-6-8-16(23)9-7-14)21(28)26-20(22(29)30)11-15-12-24-18-5-3-2-4-17(15)18/h2-10,12,20,24H,11H2,1H3,(H,25,27)(H,26,28)(H,29,30)/b19-10+/t20-/m1/s1. The molecule has 0 unspecified atom stereocenters. The van der Waals surface area contributed by atoms with Crippen LogP contribution in [-0.2, 0) is 20.8 Å². The molecule has 154 valence electrons. The molecule has 0 bridgehead atoms. The van der Waals surface area contributed by atoms with Crippen molar-refractivity contribution in [3.63, 3.8) is 0 Å². The second kappa shape index (κ2) is 9.04. The van der Waals surface area contributed by atoms with E-state index in [1.165, 1.54) is 37.3 Å². The fourth-order valence-electron chi connectivity index (χ4n) is 3.03. The molecule has 0 saturated carbocycles. The summed E-state index contributed by atoms with van der Waals surface area (Å²) in [6.45, 7) is 1.23. The van der Waals surface area contributed by atoms with E-state index in [0.29, 0.717) is 5.56 Å². The van der Waals surface area contributed by atoms with Crippen LogP contribution in [0.2, 0.25) is 0 Å². The quantitative estimate of drug-likeness (QED) is 0.450. The highest BCUT2D eigenvalue weighted by atomic mass is 19.1. The van der Waals surface area contributed by atoms with E-state index >= 15 is 0 Å². The third kappa shape index (κ3) is 5.11. The zero-order valence-electron chi connectivity index (χ0n) is 16.1. The molecule has 4 N–H and O–H groups in total. The number of carbonyl (C=O) groups is 3. The predicted molar refractivity (Wildman–Crippen MR) is 110 cm³/mol. The van der Waals surface area contributed by atoms with Crippen molar-refractivity contribution in [1.29, 1.82) is 0 Å². The Kier molecular flexibility index (Phi) is 6.26. The van der Waals surface area contributed by atoms with Gasteiger partial charge < -0.3 is 20.7 Å².